The van der Waals surface area contributed by atoms with Crippen LogP contribution in [0.15, 0.2) is 18.5 Å². The lowest BCUT2D eigenvalue weighted by Crippen LogP contribution is -2.45. The van der Waals surface area contributed by atoms with Crippen molar-refractivity contribution < 1.29 is 19.3 Å². The van der Waals surface area contributed by atoms with Crippen molar-refractivity contribution in [3.05, 3.63) is 24.2 Å². The molecule has 0 bridgehead atoms. The molecule has 8 nitrogen and oxygen atoms in total. The maximum atomic E-state index is 9.62. The number of aromatic nitrogens is 3. The molecule has 8 heteroatoms. The summed E-state index contributed by atoms with van der Waals surface area (Å²) in [5.74, 6) is -0.371. The highest BCUT2D eigenvalue weighted by molar-refractivity contribution is 5.65. The van der Waals surface area contributed by atoms with E-state index in [2.05, 4.69) is 10.1 Å². The van der Waals surface area contributed by atoms with Crippen LogP contribution in [-0.4, -0.2) is 50.9 Å². The average Bonchev–Trinajstić information content (AvgIpc) is 2.91. The predicted octanol–water partition coefficient (Wildman–Crippen LogP) is 0.901. The molecule has 0 aromatic carbocycles. The third-order valence-corrected chi connectivity index (χ3v) is 3.94. The van der Waals surface area contributed by atoms with Gasteiger partial charge in [-0.25, -0.2) is 9.50 Å². The van der Waals surface area contributed by atoms with Crippen LogP contribution in [0, 0.1) is 0 Å². The van der Waals surface area contributed by atoms with Gasteiger partial charge < -0.3 is 25.1 Å². The quantitative estimate of drug-likeness (QED) is 0.846. The Morgan fingerprint density at radius 3 is 2.96 bits per heavy atom. The number of hydrogen-bond donors (Lipinski definition) is 2. The number of hydrogen-bond acceptors (Lipinski definition) is 7. The monoisotopic (exact) mass is 322 g/mol. The summed E-state index contributed by atoms with van der Waals surface area (Å²) in [6.07, 6.45) is 0.209. The van der Waals surface area contributed by atoms with Crippen LogP contribution in [0.25, 0.3) is 5.52 Å². The fraction of sp³-hybridized carbons (Fsp3) is 0.600. The van der Waals surface area contributed by atoms with Crippen molar-refractivity contribution in [3.63, 3.8) is 0 Å². The normalized spacial score (nSPS) is 28.4. The summed E-state index contributed by atoms with van der Waals surface area (Å²) in [5.41, 5.74) is 7.36. The first-order valence-corrected chi connectivity index (χ1v) is 7.57. The van der Waals surface area contributed by atoms with E-state index in [0.717, 1.165) is 5.69 Å². The summed E-state index contributed by atoms with van der Waals surface area (Å²) in [7, 11) is 0. The van der Waals surface area contributed by atoms with Crippen LogP contribution in [0.4, 0.5) is 5.82 Å². The highest BCUT2D eigenvalue weighted by atomic mass is 16.7. The van der Waals surface area contributed by atoms with Gasteiger partial charge in [-0.15, -0.1) is 0 Å². The summed E-state index contributed by atoms with van der Waals surface area (Å²) in [6, 6.07) is 3.72. The van der Waals surface area contributed by atoms with Crippen molar-refractivity contribution in [1.82, 2.24) is 14.6 Å². The molecule has 2 aromatic heterocycles. The standard InChI is InChI=1S/C15H22N4O4/c1-9-12(6-20)22-13(7-21-15(2,3)23-9)10-4-5-11-14(16)17-8-18-19(10)11/h4-5,8-9,12-13,20H,6-7H2,1-3H3,(H2,16,17,18)/t9-,12+,13+/m0/s1. The van der Waals surface area contributed by atoms with Crippen LogP contribution < -0.4 is 5.73 Å². The van der Waals surface area contributed by atoms with Crippen molar-refractivity contribution in [2.24, 2.45) is 0 Å². The number of nitrogens with two attached hydrogens (primary N) is 1. The highest BCUT2D eigenvalue weighted by Crippen LogP contribution is 2.30. The maximum Gasteiger partial charge on any atom is 0.163 e. The van der Waals surface area contributed by atoms with Crippen LogP contribution in [0.2, 0.25) is 0 Å². The summed E-state index contributed by atoms with van der Waals surface area (Å²) in [4.78, 5) is 3.98. The Hall–Kier alpha value is -1.74. The van der Waals surface area contributed by atoms with Gasteiger partial charge in [0.25, 0.3) is 0 Å². The van der Waals surface area contributed by atoms with E-state index in [4.69, 9.17) is 19.9 Å². The Bertz CT molecular complexity index is 687. The Morgan fingerprint density at radius 1 is 1.43 bits per heavy atom. The van der Waals surface area contributed by atoms with Gasteiger partial charge in [0.05, 0.1) is 25.0 Å². The molecule has 23 heavy (non-hydrogen) atoms. The van der Waals surface area contributed by atoms with Gasteiger partial charge in [-0.3, -0.25) is 0 Å². The van der Waals surface area contributed by atoms with Crippen LogP contribution in [0.1, 0.15) is 32.6 Å². The first kappa shape index (κ1) is 16.1. The molecule has 0 amide bonds. The zero-order valence-corrected chi connectivity index (χ0v) is 13.5. The maximum absolute atomic E-state index is 9.62. The second-order valence-corrected chi connectivity index (χ2v) is 6.08. The minimum absolute atomic E-state index is 0.145. The number of anilines is 1. The first-order valence-electron chi connectivity index (χ1n) is 7.57. The van der Waals surface area contributed by atoms with Gasteiger partial charge in [0.2, 0.25) is 0 Å². The lowest BCUT2D eigenvalue weighted by atomic mass is 10.2. The van der Waals surface area contributed by atoms with Crippen LogP contribution in [0.5, 0.6) is 0 Å². The van der Waals surface area contributed by atoms with Gasteiger partial charge in [0, 0.05) is 0 Å². The molecule has 0 aliphatic carbocycles. The Kier molecular flexibility index (Phi) is 4.24. The van der Waals surface area contributed by atoms with Crippen LogP contribution >= 0.6 is 0 Å². The molecule has 1 fully saturated rings. The Morgan fingerprint density at radius 2 is 2.22 bits per heavy atom. The molecule has 2 aromatic rings. The molecule has 126 valence electrons. The second kappa shape index (κ2) is 6.04. The predicted molar refractivity (Wildman–Crippen MR) is 82.7 cm³/mol. The molecular weight excluding hydrogens is 300 g/mol. The van der Waals surface area contributed by atoms with E-state index in [1.807, 2.05) is 32.9 Å². The number of nitrogen functional groups attached to an aromatic ring is 1. The minimum Gasteiger partial charge on any atom is -0.394 e. The summed E-state index contributed by atoms with van der Waals surface area (Å²) in [5, 5.41) is 13.9. The van der Waals surface area contributed by atoms with Crippen molar-refractivity contribution in [2.75, 3.05) is 18.9 Å². The zero-order valence-electron chi connectivity index (χ0n) is 13.5. The molecule has 1 saturated heterocycles. The molecule has 3 rings (SSSR count). The topological polar surface area (TPSA) is 104 Å². The van der Waals surface area contributed by atoms with Gasteiger partial charge in [0.1, 0.15) is 24.1 Å². The molecule has 3 atom stereocenters. The smallest absolute Gasteiger partial charge is 0.163 e. The molecule has 1 aliphatic heterocycles. The van der Waals surface area contributed by atoms with E-state index >= 15 is 0 Å². The molecular formula is C15H22N4O4. The number of rotatable bonds is 2. The average molecular weight is 322 g/mol. The van der Waals surface area contributed by atoms with Crippen LogP contribution in [-0.2, 0) is 14.2 Å². The van der Waals surface area contributed by atoms with Crippen molar-refractivity contribution in [3.8, 4) is 0 Å². The number of aliphatic hydroxyl groups is 1. The van der Waals surface area contributed by atoms with E-state index in [-0.39, 0.29) is 19.3 Å². The fourth-order valence-corrected chi connectivity index (χ4v) is 2.76. The van der Waals surface area contributed by atoms with Gasteiger partial charge in [0.15, 0.2) is 11.6 Å². The SMILES string of the molecule is C[C@@H]1OC(C)(C)OC[C@H](c2ccc3c(N)ncnn23)O[C@@H]1CO. The van der Waals surface area contributed by atoms with Crippen LogP contribution in [0.3, 0.4) is 0 Å². The summed E-state index contributed by atoms with van der Waals surface area (Å²) in [6.45, 7) is 5.67. The largest absolute Gasteiger partial charge is 0.394 e. The van der Waals surface area contributed by atoms with Crippen molar-refractivity contribution in [1.29, 1.82) is 0 Å². The number of ether oxygens (including phenoxy) is 3. The molecule has 0 radical (unpaired) electrons. The zero-order chi connectivity index (χ0) is 16.6. The van der Waals surface area contributed by atoms with E-state index in [0.29, 0.717) is 11.3 Å². The molecule has 3 heterocycles. The number of aliphatic hydroxyl groups excluding tert-OH is 1. The Labute approximate surface area is 134 Å². The Balaban J connectivity index is 1.97. The van der Waals surface area contributed by atoms with E-state index < -0.39 is 18.0 Å². The van der Waals surface area contributed by atoms with Gasteiger partial charge in [-0.05, 0) is 32.9 Å². The number of fused-ring (bicyclic) bond motifs is 1. The lowest BCUT2D eigenvalue weighted by Gasteiger charge is -2.38. The summed E-state index contributed by atoms with van der Waals surface area (Å²) < 4.78 is 19.3. The fourth-order valence-electron chi connectivity index (χ4n) is 2.76. The third-order valence-electron chi connectivity index (χ3n) is 3.94. The lowest BCUT2D eigenvalue weighted by molar-refractivity contribution is -0.294. The summed E-state index contributed by atoms with van der Waals surface area (Å²) >= 11 is 0. The van der Waals surface area contributed by atoms with Crippen molar-refractivity contribution >= 4 is 11.3 Å². The molecule has 0 unspecified atom stereocenters. The third kappa shape index (κ3) is 3.16. The first-order chi connectivity index (χ1) is 10.9. The van der Waals surface area contributed by atoms with E-state index in [9.17, 15) is 5.11 Å². The molecule has 0 saturated carbocycles. The molecule has 1 aliphatic rings. The van der Waals surface area contributed by atoms with E-state index in [1.165, 1.54) is 6.33 Å². The van der Waals surface area contributed by atoms with Gasteiger partial charge >= 0.3 is 0 Å². The minimum atomic E-state index is -0.768. The van der Waals surface area contributed by atoms with Gasteiger partial charge in [-0.1, -0.05) is 0 Å². The second-order valence-electron chi connectivity index (χ2n) is 6.08. The molecule has 0 spiro atoms. The highest BCUT2D eigenvalue weighted by Gasteiger charge is 2.34. The van der Waals surface area contributed by atoms with Crippen molar-refractivity contribution in [2.45, 2.75) is 44.9 Å². The molecule has 3 N–H and O–H groups in total. The van der Waals surface area contributed by atoms with Gasteiger partial charge in [-0.2, -0.15) is 5.10 Å². The number of nitrogens with zero attached hydrogens (tertiary/aromatic N) is 3. The van der Waals surface area contributed by atoms with E-state index in [1.54, 1.807) is 4.52 Å².